The molecule has 0 bridgehead atoms. The lowest BCUT2D eigenvalue weighted by Gasteiger charge is -2.12. The third kappa shape index (κ3) is 8.35. The van der Waals surface area contributed by atoms with Crippen LogP contribution in [0.3, 0.4) is 0 Å². The number of carbonyl (C=O) groups excluding carboxylic acids is 2. The summed E-state index contributed by atoms with van der Waals surface area (Å²) in [5, 5.41) is 14.0. The molecule has 0 aliphatic rings. The summed E-state index contributed by atoms with van der Waals surface area (Å²) in [5.41, 5.74) is 0.702. The molecule has 0 spiro atoms. The van der Waals surface area contributed by atoms with Crippen LogP contribution < -0.4 is 20.1 Å². The Kier molecular flexibility index (Phi) is 9.62. The van der Waals surface area contributed by atoms with Crippen LogP contribution in [0.5, 0.6) is 11.5 Å². The van der Waals surface area contributed by atoms with Gasteiger partial charge in [0.05, 0.1) is 13.2 Å². The van der Waals surface area contributed by atoms with E-state index in [2.05, 4.69) is 15.4 Å². The fourth-order valence-electron chi connectivity index (χ4n) is 2.50. The first-order valence-corrected chi connectivity index (χ1v) is 9.98. The highest BCUT2D eigenvalue weighted by Gasteiger charge is 2.15. The molecule has 0 saturated heterocycles. The zero-order valence-corrected chi connectivity index (χ0v) is 17.8. The SMILES string of the molecule is CC(C)COc1ccc(C(=O)N/C(=C\c2ccc(OC(F)F)cc2)C(=O)NCCO)cc1. The fraction of sp³-hybridized carbons (Fsp3) is 0.304. The number of nitrogens with one attached hydrogen (secondary N) is 2. The molecule has 0 aliphatic carbocycles. The van der Waals surface area contributed by atoms with Crippen LogP contribution in [0, 0.1) is 5.92 Å². The van der Waals surface area contributed by atoms with Gasteiger partial charge in [0.25, 0.3) is 11.8 Å². The lowest BCUT2D eigenvalue weighted by molar-refractivity contribution is -0.117. The Morgan fingerprint density at radius 3 is 2.22 bits per heavy atom. The molecule has 0 heterocycles. The Morgan fingerprint density at radius 1 is 1.03 bits per heavy atom. The van der Waals surface area contributed by atoms with Gasteiger partial charge in [0, 0.05) is 12.1 Å². The number of hydrogen-bond acceptors (Lipinski definition) is 5. The molecule has 0 fully saturated rings. The lowest BCUT2D eigenvalue weighted by Crippen LogP contribution is -2.36. The average molecular weight is 448 g/mol. The number of carbonyl (C=O) groups is 2. The first kappa shape index (κ1) is 24.8. The van der Waals surface area contributed by atoms with Gasteiger partial charge >= 0.3 is 6.61 Å². The molecule has 172 valence electrons. The van der Waals surface area contributed by atoms with Crippen LogP contribution in [0.4, 0.5) is 8.78 Å². The predicted octanol–water partition coefficient (Wildman–Crippen LogP) is 3.20. The van der Waals surface area contributed by atoms with Crippen molar-refractivity contribution in [1.82, 2.24) is 10.6 Å². The van der Waals surface area contributed by atoms with Crippen molar-refractivity contribution in [3.63, 3.8) is 0 Å². The Hall–Kier alpha value is -3.46. The maximum Gasteiger partial charge on any atom is 0.387 e. The zero-order valence-electron chi connectivity index (χ0n) is 17.8. The van der Waals surface area contributed by atoms with Crippen molar-refractivity contribution in [1.29, 1.82) is 0 Å². The molecule has 0 aliphatic heterocycles. The highest BCUT2D eigenvalue weighted by molar-refractivity contribution is 6.05. The summed E-state index contributed by atoms with van der Waals surface area (Å²) >= 11 is 0. The van der Waals surface area contributed by atoms with E-state index in [1.165, 1.54) is 30.3 Å². The molecule has 0 aromatic heterocycles. The van der Waals surface area contributed by atoms with Gasteiger partial charge in [-0.15, -0.1) is 0 Å². The standard InChI is InChI=1S/C23H26F2N2O5/c1-15(2)14-31-18-9-5-17(6-10-18)21(29)27-20(22(30)26-11-12-28)13-16-3-7-19(8-4-16)32-23(24)25/h3-10,13,15,23,28H,11-12,14H2,1-2H3,(H,26,30)(H,27,29)/b20-13-. The minimum atomic E-state index is -2.95. The predicted molar refractivity (Wildman–Crippen MR) is 115 cm³/mol. The molecule has 0 radical (unpaired) electrons. The van der Waals surface area contributed by atoms with Gasteiger partial charge in [-0.05, 0) is 54.0 Å². The second kappa shape index (κ2) is 12.4. The molecular formula is C23H26F2N2O5. The monoisotopic (exact) mass is 448 g/mol. The van der Waals surface area contributed by atoms with Gasteiger partial charge in [-0.1, -0.05) is 26.0 Å². The normalized spacial score (nSPS) is 11.4. The second-order valence-corrected chi connectivity index (χ2v) is 7.17. The second-order valence-electron chi connectivity index (χ2n) is 7.17. The molecule has 0 unspecified atom stereocenters. The van der Waals surface area contributed by atoms with Crippen LogP contribution in [0.25, 0.3) is 6.08 Å². The first-order chi connectivity index (χ1) is 15.3. The summed E-state index contributed by atoms with van der Waals surface area (Å²) in [7, 11) is 0. The molecular weight excluding hydrogens is 422 g/mol. The van der Waals surface area contributed by atoms with Crippen LogP contribution in [0.2, 0.25) is 0 Å². The largest absolute Gasteiger partial charge is 0.493 e. The fourth-order valence-corrected chi connectivity index (χ4v) is 2.50. The smallest absolute Gasteiger partial charge is 0.387 e. The molecule has 32 heavy (non-hydrogen) atoms. The van der Waals surface area contributed by atoms with Crippen molar-refractivity contribution in [2.75, 3.05) is 19.8 Å². The van der Waals surface area contributed by atoms with Crippen LogP contribution >= 0.6 is 0 Å². The summed E-state index contributed by atoms with van der Waals surface area (Å²) in [6, 6.07) is 12.0. The Morgan fingerprint density at radius 2 is 1.66 bits per heavy atom. The minimum Gasteiger partial charge on any atom is -0.493 e. The molecule has 2 aromatic rings. The number of aliphatic hydroxyl groups excluding tert-OH is 1. The van der Waals surface area contributed by atoms with Crippen molar-refractivity contribution >= 4 is 17.9 Å². The number of amides is 2. The van der Waals surface area contributed by atoms with Crippen LogP contribution in [-0.2, 0) is 4.79 Å². The number of aliphatic hydroxyl groups is 1. The van der Waals surface area contributed by atoms with E-state index in [-0.39, 0.29) is 24.6 Å². The summed E-state index contributed by atoms with van der Waals surface area (Å²) in [6.45, 7) is 1.37. The Labute approximate surface area is 185 Å². The zero-order chi connectivity index (χ0) is 23.5. The number of rotatable bonds is 11. The molecule has 9 heteroatoms. The average Bonchev–Trinajstić information content (AvgIpc) is 2.76. The number of hydrogen-bond donors (Lipinski definition) is 3. The van der Waals surface area contributed by atoms with Gasteiger partial charge in [-0.25, -0.2) is 0 Å². The summed E-state index contributed by atoms with van der Waals surface area (Å²) in [4.78, 5) is 25.1. The van der Waals surface area contributed by atoms with E-state index in [0.717, 1.165) is 0 Å². The van der Waals surface area contributed by atoms with Crippen LogP contribution in [0.15, 0.2) is 54.2 Å². The molecule has 2 rings (SSSR count). The molecule has 0 atom stereocenters. The van der Waals surface area contributed by atoms with Crippen LogP contribution in [-0.4, -0.2) is 43.3 Å². The summed E-state index contributed by atoms with van der Waals surface area (Å²) in [5.74, 6) is -0.190. The quantitative estimate of drug-likeness (QED) is 0.459. The molecule has 2 amide bonds. The van der Waals surface area contributed by atoms with Crippen molar-refractivity contribution < 1.29 is 33.0 Å². The van der Waals surface area contributed by atoms with E-state index < -0.39 is 18.4 Å². The molecule has 7 nitrogen and oxygen atoms in total. The molecule has 3 N–H and O–H groups in total. The molecule has 2 aromatic carbocycles. The number of ether oxygens (including phenoxy) is 2. The topological polar surface area (TPSA) is 96.9 Å². The van der Waals surface area contributed by atoms with E-state index in [1.807, 2.05) is 13.8 Å². The van der Waals surface area contributed by atoms with Crippen molar-refractivity contribution in [2.45, 2.75) is 20.5 Å². The summed E-state index contributed by atoms with van der Waals surface area (Å²) in [6.07, 6.45) is 1.39. The van der Waals surface area contributed by atoms with Crippen molar-refractivity contribution in [3.05, 3.63) is 65.4 Å². The minimum absolute atomic E-state index is 0.00486. The van der Waals surface area contributed by atoms with E-state index in [0.29, 0.717) is 29.4 Å². The van der Waals surface area contributed by atoms with Gasteiger partial charge < -0.3 is 25.2 Å². The van der Waals surface area contributed by atoms with E-state index in [4.69, 9.17) is 9.84 Å². The first-order valence-electron chi connectivity index (χ1n) is 9.98. The van der Waals surface area contributed by atoms with Gasteiger partial charge in [0.1, 0.15) is 17.2 Å². The van der Waals surface area contributed by atoms with E-state index in [9.17, 15) is 18.4 Å². The summed E-state index contributed by atoms with van der Waals surface area (Å²) < 4.78 is 34.5. The van der Waals surface area contributed by atoms with Gasteiger partial charge in [0.15, 0.2) is 0 Å². The number of benzene rings is 2. The van der Waals surface area contributed by atoms with Crippen molar-refractivity contribution in [2.24, 2.45) is 5.92 Å². The lowest BCUT2D eigenvalue weighted by atomic mass is 10.1. The van der Waals surface area contributed by atoms with Gasteiger partial charge in [-0.3, -0.25) is 9.59 Å². The highest BCUT2D eigenvalue weighted by atomic mass is 19.3. The maximum absolute atomic E-state index is 12.7. The van der Waals surface area contributed by atoms with Gasteiger partial charge in [0.2, 0.25) is 0 Å². The van der Waals surface area contributed by atoms with Crippen LogP contribution in [0.1, 0.15) is 29.8 Å². The third-order valence-electron chi connectivity index (χ3n) is 4.01. The maximum atomic E-state index is 12.7. The van der Waals surface area contributed by atoms with E-state index >= 15 is 0 Å². The van der Waals surface area contributed by atoms with Gasteiger partial charge in [-0.2, -0.15) is 8.78 Å². The molecule has 0 saturated carbocycles. The van der Waals surface area contributed by atoms with Crippen molar-refractivity contribution in [3.8, 4) is 11.5 Å². The highest BCUT2D eigenvalue weighted by Crippen LogP contribution is 2.17. The Bertz CT molecular complexity index is 913. The number of alkyl halides is 2. The van der Waals surface area contributed by atoms with E-state index in [1.54, 1.807) is 24.3 Å². The number of halogens is 2. The Balaban J connectivity index is 2.16. The third-order valence-corrected chi connectivity index (χ3v) is 4.01.